The van der Waals surface area contributed by atoms with Gasteiger partial charge < -0.3 is 15.0 Å². The molecule has 0 radical (unpaired) electrons. The van der Waals surface area contributed by atoms with Gasteiger partial charge in [0.25, 0.3) is 0 Å². The van der Waals surface area contributed by atoms with E-state index >= 15 is 0 Å². The van der Waals surface area contributed by atoms with Gasteiger partial charge in [0.2, 0.25) is 0 Å². The summed E-state index contributed by atoms with van der Waals surface area (Å²) in [4.78, 5) is 2.61. The molecule has 2 bridgehead atoms. The highest BCUT2D eigenvalue weighted by molar-refractivity contribution is 5.87. The van der Waals surface area contributed by atoms with Crippen molar-refractivity contribution in [1.29, 1.82) is 0 Å². The Hall–Kier alpha value is -1.78. The average Bonchev–Trinajstić information content (AvgIpc) is 2.78. The number of rotatable bonds is 6. The molecule has 1 atom stereocenters. The monoisotopic (exact) mass is 458 g/mol. The molecule has 3 heterocycles. The average molecular weight is 459 g/mol. The minimum atomic E-state index is 0. The van der Waals surface area contributed by atoms with Crippen LogP contribution in [0.15, 0.2) is 60.7 Å². The van der Waals surface area contributed by atoms with Crippen LogP contribution >= 0.6 is 24.8 Å². The molecule has 31 heavy (non-hydrogen) atoms. The van der Waals surface area contributed by atoms with Crippen molar-refractivity contribution in [3.8, 4) is 5.75 Å². The van der Waals surface area contributed by atoms with Gasteiger partial charge in [0.05, 0.1) is 0 Å². The van der Waals surface area contributed by atoms with Crippen molar-refractivity contribution in [3.05, 3.63) is 77.4 Å². The molecule has 0 saturated carbocycles. The number of hydrogen-bond acceptors (Lipinski definition) is 3. The lowest BCUT2D eigenvalue weighted by Gasteiger charge is -2.45. The number of ether oxygens (including phenoxy) is 1. The van der Waals surface area contributed by atoms with E-state index in [1.165, 1.54) is 59.9 Å². The van der Waals surface area contributed by atoms with Gasteiger partial charge in [-0.25, -0.2) is 0 Å². The van der Waals surface area contributed by atoms with Gasteiger partial charge in [0, 0.05) is 24.7 Å². The number of benzene rings is 3. The molecule has 1 unspecified atom stereocenters. The van der Waals surface area contributed by atoms with Crippen LogP contribution < -0.4 is 10.1 Å². The molecule has 0 amide bonds. The minimum absolute atomic E-state index is 0. The van der Waals surface area contributed by atoms with Gasteiger partial charge in [-0.1, -0.05) is 60.2 Å². The summed E-state index contributed by atoms with van der Waals surface area (Å²) in [5.41, 5.74) is 3.77. The van der Waals surface area contributed by atoms with E-state index in [1.54, 1.807) is 0 Å². The first-order valence-corrected chi connectivity index (χ1v) is 10.9. The molecule has 0 aliphatic carbocycles. The van der Waals surface area contributed by atoms with E-state index in [-0.39, 0.29) is 24.8 Å². The van der Waals surface area contributed by atoms with Crippen LogP contribution in [0.3, 0.4) is 0 Å². The summed E-state index contributed by atoms with van der Waals surface area (Å²) in [5.74, 6) is 1.82. The SMILES string of the molecule is Cc1ccc(COc2ccc3ccccc3c2CNC2CN3CCC2CC3)cc1.Cl.Cl. The Kier molecular flexibility index (Phi) is 8.23. The van der Waals surface area contributed by atoms with E-state index < -0.39 is 0 Å². The maximum atomic E-state index is 6.32. The zero-order valence-electron chi connectivity index (χ0n) is 18.0. The predicted molar refractivity (Wildman–Crippen MR) is 134 cm³/mol. The highest BCUT2D eigenvalue weighted by Gasteiger charge is 2.33. The summed E-state index contributed by atoms with van der Waals surface area (Å²) >= 11 is 0. The molecule has 3 nitrogen and oxygen atoms in total. The van der Waals surface area contributed by atoms with Crippen molar-refractivity contribution >= 4 is 35.6 Å². The summed E-state index contributed by atoms with van der Waals surface area (Å²) in [6.45, 7) is 7.33. The minimum Gasteiger partial charge on any atom is -0.489 e. The number of piperidine rings is 3. The molecule has 6 rings (SSSR count). The van der Waals surface area contributed by atoms with Crippen LogP contribution in [0.4, 0.5) is 0 Å². The van der Waals surface area contributed by atoms with E-state index in [4.69, 9.17) is 4.74 Å². The molecule has 5 heteroatoms. The third-order valence-electron chi connectivity index (χ3n) is 6.71. The van der Waals surface area contributed by atoms with Gasteiger partial charge in [0.15, 0.2) is 0 Å². The van der Waals surface area contributed by atoms with Crippen molar-refractivity contribution in [2.45, 2.75) is 39.0 Å². The van der Waals surface area contributed by atoms with Gasteiger partial charge in [-0.15, -0.1) is 24.8 Å². The second-order valence-electron chi connectivity index (χ2n) is 8.66. The molecule has 0 spiro atoms. The van der Waals surface area contributed by atoms with Crippen LogP contribution in [0, 0.1) is 12.8 Å². The van der Waals surface area contributed by atoms with Crippen molar-refractivity contribution in [2.24, 2.45) is 5.92 Å². The molecule has 1 N–H and O–H groups in total. The number of hydrogen-bond donors (Lipinski definition) is 1. The fraction of sp³-hybridized carbons (Fsp3) is 0.385. The zero-order chi connectivity index (χ0) is 19.6. The smallest absolute Gasteiger partial charge is 0.124 e. The van der Waals surface area contributed by atoms with Crippen LogP contribution in [0.5, 0.6) is 5.75 Å². The molecule has 3 aromatic carbocycles. The van der Waals surface area contributed by atoms with Crippen molar-refractivity contribution in [2.75, 3.05) is 19.6 Å². The van der Waals surface area contributed by atoms with Gasteiger partial charge in [0.1, 0.15) is 12.4 Å². The maximum absolute atomic E-state index is 6.32. The lowest BCUT2D eigenvalue weighted by molar-refractivity contribution is 0.0719. The lowest BCUT2D eigenvalue weighted by atomic mass is 9.84. The second kappa shape index (κ2) is 10.7. The Bertz CT molecular complexity index is 984. The highest BCUT2D eigenvalue weighted by Crippen LogP contribution is 2.31. The number of nitrogens with zero attached hydrogens (tertiary/aromatic N) is 1. The van der Waals surface area contributed by atoms with Crippen molar-refractivity contribution in [3.63, 3.8) is 0 Å². The lowest BCUT2D eigenvalue weighted by Crippen LogP contribution is -2.55. The Morgan fingerprint density at radius 2 is 1.68 bits per heavy atom. The summed E-state index contributed by atoms with van der Waals surface area (Å²) < 4.78 is 6.32. The van der Waals surface area contributed by atoms with Crippen molar-refractivity contribution in [1.82, 2.24) is 10.2 Å². The quantitative estimate of drug-likeness (QED) is 0.508. The van der Waals surface area contributed by atoms with Crippen LogP contribution in [0.1, 0.15) is 29.5 Å². The zero-order valence-corrected chi connectivity index (χ0v) is 19.7. The van der Waals surface area contributed by atoms with Crippen LogP contribution in [0.2, 0.25) is 0 Å². The molecule has 3 aromatic rings. The van der Waals surface area contributed by atoms with E-state index in [1.807, 2.05) is 0 Å². The molecule has 3 saturated heterocycles. The summed E-state index contributed by atoms with van der Waals surface area (Å²) in [5, 5.41) is 6.46. The Morgan fingerprint density at radius 3 is 2.39 bits per heavy atom. The largest absolute Gasteiger partial charge is 0.489 e. The normalized spacial score (nSPS) is 21.9. The number of aryl methyl sites for hydroxylation is 1. The Balaban J connectivity index is 0.00000136. The predicted octanol–water partition coefficient (Wildman–Crippen LogP) is 5.75. The first kappa shape index (κ1) is 23.9. The molecular formula is C26H32Cl2N2O. The molecule has 166 valence electrons. The van der Waals surface area contributed by atoms with Crippen molar-refractivity contribution < 1.29 is 4.74 Å². The standard InChI is InChI=1S/C26H30N2O.2ClH/c1-19-6-8-20(9-7-19)18-29-26-11-10-21-4-2-3-5-23(21)24(26)16-27-25-17-28-14-12-22(25)13-15-28;;/h2-11,22,25,27H,12-18H2,1H3;2*1H. The Morgan fingerprint density at radius 1 is 0.935 bits per heavy atom. The molecule has 3 aliphatic rings. The van der Waals surface area contributed by atoms with Crippen LogP contribution in [0.25, 0.3) is 10.8 Å². The fourth-order valence-corrected chi connectivity index (χ4v) is 4.91. The van der Waals surface area contributed by atoms with Crippen LogP contribution in [-0.4, -0.2) is 30.6 Å². The Labute approximate surface area is 198 Å². The number of halogens is 2. The molecule has 3 fully saturated rings. The second-order valence-corrected chi connectivity index (χ2v) is 8.66. The van der Waals surface area contributed by atoms with Gasteiger partial charge in [-0.2, -0.15) is 0 Å². The number of nitrogens with one attached hydrogen (secondary N) is 1. The van der Waals surface area contributed by atoms with E-state index in [0.29, 0.717) is 12.6 Å². The molecule has 3 aliphatic heterocycles. The molecular weight excluding hydrogens is 427 g/mol. The third kappa shape index (κ3) is 5.35. The highest BCUT2D eigenvalue weighted by atomic mass is 35.5. The van der Waals surface area contributed by atoms with Gasteiger partial charge in [-0.05, 0) is 61.2 Å². The third-order valence-corrected chi connectivity index (χ3v) is 6.71. The molecule has 0 aromatic heterocycles. The topological polar surface area (TPSA) is 24.5 Å². The first-order chi connectivity index (χ1) is 14.3. The maximum Gasteiger partial charge on any atom is 0.124 e. The van der Waals surface area contributed by atoms with Crippen LogP contribution in [-0.2, 0) is 13.2 Å². The number of fused-ring (bicyclic) bond motifs is 4. The fourth-order valence-electron chi connectivity index (χ4n) is 4.91. The first-order valence-electron chi connectivity index (χ1n) is 10.9. The van der Waals surface area contributed by atoms with E-state index in [9.17, 15) is 0 Å². The summed E-state index contributed by atoms with van der Waals surface area (Å²) in [6.07, 6.45) is 2.67. The summed E-state index contributed by atoms with van der Waals surface area (Å²) in [6, 6.07) is 22.2. The van der Waals surface area contributed by atoms with E-state index in [0.717, 1.165) is 18.2 Å². The van der Waals surface area contributed by atoms with Gasteiger partial charge in [-0.3, -0.25) is 0 Å². The van der Waals surface area contributed by atoms with Gasteiger partial charge >= 0.3 is 0 Å². The summed E-state index contributed by atoms with van der Waals surface area (Å²) in [7, 11) is 0. The van der Waals surface area contributed by atoms with E-state index in [2.05, 4.69) is 77.8 Å².